The average molecular weight is 399 g/mol. The molecule has 2 aromatic carbocycles. The van der Waals surface area contributed by atoms with E-state index in [0.29, 0.717) is 19.1 Å². The van der Waals surface area contributed by atoms with Gasteiger partial charge in [-0.3, -0.25) is 4.90 Å². The van der Waals surface area contributed by atoms with Crippen LogP contribution in [0.2, 0.25) is 0 Å². The highest BCUT2D eigenvalue weighted by atomic mass is 16.5. The van der Waals surface area contributed by atoms with Crippen LogP contribution in [0.4, 0.5) is 5.69 Å². The van der Waals surface area contributed by atoms with Gasteiger partial charge in [-0.05, 0) is 36.1 Å². The number of aliphatic hydroxyl groups excluding tert-OH is 1. The molecule has 0 unspecified atom stereocenters. The van der Waals surface area contributed by atoms with Crippen molar-refractivity contribution in [1.29, 1.82) is 0 Å². The van der Waals surface area contributed by atoms with Crippen molar-refractivity contribution in [1.82, 2.24) is 4.90 Å². The monoisotopic (exact) mass is 398 g/mol. The Morgan fingerprint density at radius 2 is 1.62 bits per heavy atom. The first-order valence-electron chi connectivity index (χ1n) is 10.6. The lowest BCUT2D eigenvalue weighted by atomic mass is 9.98. The number of piperazine rings is 1. The molecule has 2 atom stereocenters. The van der Waals surface area contributed by atoms with E-state index in [0.717, 1.165) is 49.8 Å². The first kappa shape index (κ1) is 21.5. The predicted molar refractivity (Wildman–Crippen MR) is 118 cm³/mol. The molecular weight excluding hydrogens is 364 g/mol. The number of hydrogen-bond donors (Lipinski definition) is 1. The lowest BCUT2D eigenvalue weighted by Crippen LogP contribution is -2.49. The van der Waals surface area contributed by atoms with Crippen LogP contribution in [0.25, 0.3) is 0 Å². The summed E-state index contributed by atoms with van der Waals surface area (Å²) in [6.07, 6.45) is 0.567. The molecular formula is C24H34N2O3. The third kappa shape index (κ3) is 5.64. The smallest absolute Gasteiger partial charge is 0.142 e. The van der Waals surface area contributed by atoms with Gasteiger partial charge in [0.1, 0.15) is 24.2 Å². The van der Waals surface area contributed by atoms with Gasteiger partial charge in [-0.15, -0.1) is 0 Å². The van der Waals surface area contributed by atoms with E-state index in [-0.39, 0.29) is 0 Å². The van der Waals surface area contributed by atoms with Crippen LogP contribution in [0.3, 0.4) is 0 Å². The molecule has 0 spiro atoms. The minimum atomic E-state index is -0.502. The van der Waals surface area contributed by atoms with Crippen LogP contribution in [0, 0.1) is 0 Å². The van der Waals surface area contributed by atoms with Gasteiger partial charge in [0.05, 0.1) is 12.8 Å². The number of ether oxygens (including phenoxy) is 2. The summed E-state index contributed by atoms with van der Waals surface area (Å²) < 4.78 is 11.5. The zero-order chi connectivity index (χ0) is 20.6. The van der Waals surface area contributed by atoms with Crippen molar-refractivity contribution in [2.24, 2.45) is 0 Å². The molecule has 1 heterocycles. The second-order valence-electron chi connectivity index (χ2n) is 7.77. The van der Waals surface area contributed by atoms with Crippen molar-refractivity contribution in [2.45, 2.75) is 32.3 Å². The Hall–Kier alpha value is -2.24. The van der Waals surface area contributed by atoms with E-state index in [2.05, 4.69) is 35.8 Å². The maximum absolute atomic E-state index is 10.5. The Kier molecular flexibility index (Phi) is 7.78. The normalized spacial score (nSPS) is 17.0. The zero-order valence-corrected chi connectivity index (χ0v) is 17.9. The molecule has 158 valence electrons. The molecule has 5 heteroatoms. The molecule has 1 fully saturated rings. The number of rotatable bonds is 9. The van der Waals surface area contributed by atoms with Crippen molar-refractivity contribution in [2.75, 3.05) is 51.3 Å². The number of para-hydroxylation sites is 3. The van der Waals surface area contributed by atoms with Gasteiger partial charge in [0.2, 0.25) is 0 Å². The van der Waals surface area contributed by atoms with Crippen molar-refractivity contribution >= 4 is 5.69 Å². The number of hydrogen-bond acceptors (Lipinski definition) is 5. The van der Waals surface area contributed by atoms with Crippen LogP contribution in [0.5, 0.6) is 11.5 Å². The molecule has 0 saturated carbocycles. The molecule has 0 aliphatic carbocycles. The highest BCUT2D eigenvalue weighted by molar-refractivity contribution is 5.58. The molecule has 1 N–H and O–H groups in total. The van der Waals surface area contributed by atoms with Gasteiger partial charge in [-0.25, -0.2) is 0 Å². The third-order valence-electron chi connectivity index (χ3n) is 5.76. The molecule has 0 bridgehead atoms. The van der Waals surface area contributed by atoms with Gasteiger partial charge in [-0.2, -0.15) is 0 Å². The van der Waals surface area contributed by atoms with Crippen molar-refractivity contribution < 1.29 is 14.6 Å². The van der Waals surface area contributed by atoms with Crippen LogP contribution in [0.15, 0.2) is 48.5 Å². The summed E-state index contributed by atoms with van der Waals surface area (Å²) in [6.45, 7) is 9.01. The molecule has 1 aliphatic rings. The summed E-state index contributed by atoms with van der Waals surface area (Å²) in [5.74, 6) is 2.25. The van der Waals surface area contributed by atoms with Gasteiger partial charge in [0.15, 0.2) is 0 Å². The summed E-state index contributed by atoms with van der Waals surface area (Å²) in [6, 6.07) is 16.3. The Morgan fingerprint density at radius 1 is 0.966 bits per heavy atom. The number of anilines is 1. The zero-order valence-electron chi connectivity index (χ0n) is 17.9. The fraction of sp³-hybridized carbons (Fsp3) is 0.500. The molecule has 5 nitrogen and oxygen atoms in total. The van der Waals surface area contributed by atoms with E-state index < -0.39 is 6.10 Å². The lowest BCUT2D eigenvalue weighted by Gasteiger charge is -2.37. The van der Waals surface area contributed by atoms with Gasteiger partial charge in [-0.1, -0.05) is 44.2 Å². The summed E-state index contributed by atoms with van der Waals surface area (Å²) >= 11 is 0. The maximum Gasteiger partial charge on any atom is 0.142 e. The quantitative estimate of drug-likeness (QED) is 0.697. The number of nitrogens with zero attached hydrogens (tertiary/aromatic N) is 2. The largest absolute Gasteiger partial charge is 0.495 e. The summed E-state index contributed by atoms with van der Waals surface area (Å²) in [5, 5.41) is 10.5. The van der Waals surface area contributed by atoms with E-state index in [1.807, 2.05) is 36.4 Å². The van der Waals surface area contributed by atoms with Crippen LogP contribution in [0.1, 0.15) is 31.7 Å². The van der Waals surface area contributed by atoms with E-state index in [4.69, 9.17) is 9.47 Å². The SMILES string of the molecule is CC[C@@H](C)c1ccccc1OC[C@@H](O)CN1CCN(c2ccccc2OC)CC1. The van der Waals surface area contributed by atoms with Crippen LogP contribution >= 0.6 is 0 Å². The molecule has 2 aromatic rings. The summed E-state index contributed by atoms with van der Waals surface area (Å²) in [5.41, 5.74) is 2.35. The molecule has 0 amide bonds. The van der Waals surface area contributed by atoms with E-state index in [9.17, 15) is 5.11 Å². The Balaban J connectivity index is 1.47. The Morgan fingerprint density at radius 3 is 2.31 bits per heavy atom. The van der Waals surface area contributed by atoms with Gasteiger partial charge in [0, 0.05) is 32.7 Å². The lowest BCUT2D eigenvalue weighted by molar-refractivity contribution is 0.0658. The van der Waals surface area contributed by atoms with E-state index >= 15 is 0 Å². The van der Waals surface area contributed by atoms with Crippen molar-refractivity contribution in [3.8, 4) is 11.5 Å². The highest BCUT2D eigenvalue weighted by Gasteiger charge is 2.21. The molecule has 0 aromatic heterocycles. The minimum Gasteiger partial charge on any atom is -0.495 e. The van der Waals surface area contributed by atoms with Crippen LogP contribution in [-0.2, 0) is 0 Å². The van der Waals surface area contributed by atoms with E-state index in [1.54, 1.807) is 7.11 Å². The molecule has 29 heavy (non-hydrogen) atoms. The average Bonchev–Trinajstić information content (AvgIpc) is 2.78. The van der Waals surface area contributed by atoms with E-state index in [1.165, 1.54) is 5.56 Å². The second-order valence-corrected chi connectivity index (χ2v) is 7.77. The topological polar surface area (TPSA) is 45.2 Å². The van der Waals surface area contributed by atoms with Crippen molar-refractivity contribution in [3.63, 3.8) is 0 Å². The van der Waals surface area contributed by atoms with Gasteiger partial charge in [0.25, 0.3) is 0 Å². The minimum absolute atomic E-state index is 0.320. The van der Waals surface area contributed by atoms with Gasteiger partial charge >= 0.3 is 0 Å². The number of β-amino-alcohol motifs (C(OH)–C–C–N with tert-alkyl or cyclic N) is 1. The fourth-order valence-electron chi connectivity index (χ4n) is 3.84. The van der Waals surface area contributed by atoms with Crippen molar-refractivity contribution in [3.05, 3.63) is 54.1 Å². The third-order valence-corrected chi connectivity index (χ3v) is 5.76. The number of aliphatic hydroxyl groups is 1. The first-order valence-corrected chi connectivity index (χ1v) is 10.6. The Labute approximate surface area is 174 Å². The number of methoxy groups -OCH3 is 1. The summed E-state index contributed by atoms with van der Waals surface area (Å²) in [4.78, 5) is 4.65. The number of benzene rings is 2. The molecule has 0 radical (unpaired) electrons. The van der Waals surface area contributed by atoms with Crippen LogP contribution in [-0.4, -0.2) is 62.6 Å². The molecule has 3 rings (SSSR count). The Bertz CT molecular complexity index is 759. The fourth-order valence-corrected chi connectivity index (χ4v) is 3.84. The highest BCUT2D eigenvalue weighted by Crippen LogP contribution is 2.29. The molecule has 1 saturated heterocycles. The first-order chi connectivity index (χ1) is 14.1. The van der Waals surface area contributed by atoms with Crippen LogP contribution < -0.4 is 14.4 Å². The predicted octanol–water partition coefficient (Wildman–Crippen LogP) is 3.77. The molecule has 1 aliphatic heterocycles. The second kappa shape index (κ2) is 10.5. The summed E-state index contributed by atoms with van der Waals surface area (Å²) in [7, 11) is 1.71. The maximum atomic E-state index is 10.5. The van der Waals surface area contributed by atoms with Gasteiger partial charge < -0.3 is 19.5 Å². The standard InChI is InChI=1S/C24H34N2O3/c1-4-19(2)21-9-5-7-11-23(21)29-18-20(27)17-25-13-15-26(16-14-25)22-10-6-8-12-24(22)28-3/h5-12,19-20,27H,4,13-18H2,1-3H3/t19-,20+/m1/s1.